The Morgan fingerprint density at radius 2 is 1.98 bits per heavy atom. The third-order valence-electron chi connectivity index (χ3n) is 9.94. The predicted molar refractivity (Wildman–Crippen MR) is 185 cm³/mol. The molecule has 1 fully saturated rings. The average molecular weight is 682 g/mol. The number of allylic oxidation sites excluding steroid dienone is 1. The molecule has 3 aromatic heterocycles. The number of benzene rings is 1. The fraction of sp³-hybridized carbons (Fsp3) is 0.351. The highest BCUT2D eigenvalue weighted by atomic mass is 32.1. The van der Waals surface area contributed by atoms with E-state index in [2.05, 4.69) is 16.8 Å². The zero-order chi connectivity index (χ0) is 34.0. The van der Waals surface area contributed by atoms with Gasteiger partial charge in [0, 0.05) is 74.3 Å². The molecule has 49 heavy (non-hydrogen) atoms. The second-order valence-corrected chi connectivity index (χ2v) is 14.4. The smallest absolute Gasteiger partial charge is 0.302 e. The van der Waals surface area contributed by atoms with Gasteiger partial charge in [0.1, 0.15) is 23.9 Å². The Balaban J connectivity index is 1.14. The number of aryl methyl sites for hydroxylation is 1. The molecule has 12 heteroatoms. The summed E-state index contributed by atoms with van der Waals surface area (Å²) in [5.41, 5.74) is 7.29. The number of thiophene rings is 1. The second-order valence-electron chi connectivity index (χ2n) is 13.3. The van der Waals surface area contributed by atoms with E-state index < -0.39 is 11.8 Å². The quantitative estimate of drug-likeness (QED) is 0.213. The molecule has 0 saturated carbocycles. The zero-order valence-electron chi connectivity index (χ0n) is 27.4. The maximum absolute atomic E-state index is 15.6. The first-order valence-corrected chi connectivity index (χ1v) is 17.3. The van der Waals surface area contributed by atoms with Crippen LogP contribution in [0.4, 0.5) is 21.6 Å². The van der Waals surface area contributed by atoms with Crippen molar-refractivity contribution in [2.24, 2.45) is 7.05 Å². The molecule has 0 spiro atoms. The third-order valence-corrected chi connectivity index (χ3v) is 11.2. The molecule has 252 valence electrons. The first-order chi connectivity index (χ1) is 23.6. The van der Waals surface area contributed by atoms with Gasteiger partial charge >= 0.3 is 5.97 Å². The Bertz CT molecular complexity index is 2120. The molecule has 0 unspecified atom stereocenters. The summed E-state index contributed by atoms with van der Waals surface area (Å²) >= 11 is 1.49. The molecule has 4 aliphatic rings. The maximum atomic E-state index is 15.6. The van der Waals surface area contributed by atoms with Gasteiger partial charge in [0.15, 0.2) is 0 Å². The number of aromatic nitrogens is 2. The van der Waals surface area contributed by atoms with Gasteiger partial charge in [-0.25, -0.2) is 9.37 Å². The molecular formula is C37H36FN5O5S. The summed E-state index contributed by atoms with van der Waals surface area (Å²) in [6.07, 6.45) is 4.62. The van der Waals surface area contributed by atoms with E-state index in [1.165, 1.54) is 45.4 Å². The van der Waals surface area contributed by atoms with Gasteiger partial charge < -0.3 is 24.3 Å². The molecule has 10 nitrogen and oxygen atoms in total. The predicted octanol–water partition coefficient (Wildman–Crippen LogP) is 5.07. The third kappa shape index (κ3) is 5.77. The lowest BCUT2D eigenvalue weighted by Crippen LogP contribution is -2.50. The molecule has 0 bridgehead atoms. The van der Waals surface area contributed by atoms with Crippen molar-refractivity contribution in [1.29, 1.82) is 0 Å². The van der Waals surface area contributed by atoms with Crippen LogP contribution in [0.15, 0.2) is 53.5 Å². The van der Waals surface area contributed by atoms with Crippen LogP contribution in [0.1, 0.15) is 49.4 Å². The number of carbonyl (C=O) groups is 2. The van der Waals surface area contributed by atoms with Crippen LogP contribution in [0.2, 0.25) is 0 Å². The Kier molecular flexibility index (Phi) is 7.97. The highest BCUT2D eigenvalue weighted by Crippen LogP contribution is 2.42. The van der Waals surface area contributed by atoms with Crippen LogP contribution in [0.5, 0.6) is 0 Å². The number of nitrogens with one attached hydrogen (secondary N) is 1. The van der Waals surface area contributed by atoms with E-state index in [-0.39, 0.29) is 23.8 Å². The van der Waals surface area contributed by atoms with E-state index in [4.69, 9.17) is 14.5 Å². The van der Waals surface area contributed by atoms with Crippen LogP contribution in [-0.2, 0) is 60.2 Å². The maximum Gasteiger partial charge on any atom is 0.302 e. The Morgan fingerprint density at radius 3 is 2.76 bits per heavy atom. The number of esters is 1. The number of anilines is 3. The summed E-state index contributed by atoms with van der Waals surface area (Å²) in [6, 6.07) is 8.70. The van der Waals surface area contributed by atoms with Gasteiger partial charge in [0.2, 0.25) is 0 Å². The number of amides is 1. The molecule has 6 heterocycles. The van der Waals surface area contributed by atoms with Crippen molar-refractivity contribution < 1.29 is 23.5 Å². The van der Waals surface area contributed by atoms with Crippen molar-refractivity contribution in [2.75, 3.05) is 36.5 Å². The van der Waals surface area contributed by atoms with E-state index >= 15 is 4.39 Å². The molecular weight excluding hydrogens is 646 g/mol. The van der Waals surface area contributed by atoms with Crippen LogP contribution >= 0.6 is 11.3 Å². The van der Waals surface area contributed by atoms with Crippen LogP contribution in [0.3, 0.4) is 0 Å². The van der Waals surface area contributed by atoms with Crippen LogP contribution in [0, 0.1) is 5.82 Å². The number of halogens is 1. The highest BCUT2D eigenvalue weighted by molar-refractivity contribution is 7.14. The number of fused-ring (bicyclic) bond motifs is 4. The van der Waals surface area contributed by atoms with E-state index in [0.29, 0.717) is 52.1 Å². The number of nitrogens with zero attached hydrogens (tertiary/aromatic N) is 4. The summed E-state index contributed by atoms with van der Waals surface area (Å²) < 4.78 is 27.9. The summed E-state index contributed by atoms with van der Waals surface area (Å²) in [6.45, 7) is 8.85. The number of rotatable bonds is 7. The van der Waals surface area contributed by atoms with E-state index in [1.807, 2.05) is 12.1 Å². The number of ether oxygens (including phenoxy) is 2. The van der Waals surface area contributed by atoms with E-state index in [9.17, 15) is 14.4 Å². The molecule has 8 rings (SSSR count). The minimum Gasteiger partial charge on any atom is -0.461 e. The monoisotopic (exact) mass is 681 g/mol. The number of hydrogen-bond acceptors (Lipinski definition) is 9. The van der Waals surface area contributed by atoms with E-state index in [0.717, 1.165) is 68.0 Å². The fourth-order valence-electron chi connectivity index (χ4n) is 7.34. The first kappa shape index (κ1) is 31.6. The molecule has 4 aromatic rings. The normalized spacial score (nSPS) is 17.4. The van der Waals surface area contributed by atoms with Gasteiger partial charge in [-0.2, -0.15) is 0 Å². The van der Waals surface area contributed by atoms with Crippen LogP contribution in [-0.4, -0.2) is 58.7 Å². The van der Waals surface area contributed by atoms with E-state index in [1.54, 1.807) is 24.2 Å². The fourth-order valence-corrected chi connectivity index (χ4v) is 8.73. The number of hydrogen-bond donors (Lipinski definition) is 1. The zero-order valence-corrected chi connectivity index (χ0v) is 28.3. The molecule has 1 aliphatic carbocycles. The van der Waals surface area contributed by atoms with Gasteiger partial charge in [-0.15, -0.1) is 11.3 Å². The molecule has 1 saturated heterocycles. The Labute approximate surface area is 286 Å². The average Bonchev–Trinajstić information content (AvgIpc) is 3.58. The van der Waals surface area contributed by atoms with Gasteiger partial charge in [-0.3, -0.25) is 19.3 Å². The van der Waals surface area contributed by atoms with Gasteiger partial charge in [-0.1, -0.05) is 18.2 Å². The lowest BCUT2D eigenvalue weighted by atomic mass is 9.96. The second kappa shape index (κ2) is 12.3. The summed E-state index contributed by atoms with van der Waals surface area (Å²) in [7, 11) is 1.63. The summed E-state index contributed by atoms with van der Waals surface area (Å²) in [5, 5.41) is 3.21. The largest absolute Gasteiger partial charge is 0.461 e. The number of carbonyl (C=O) groups excluding carboxylic acids is 2. The molecule has 1 aromatic carbocycles. The molecule has 0 radical (unpaired) electrons. The Morgan fingerprint density at radius 1 is 1.14 bits per heavy atom. The van der Waals surface area contributed by atoms with Crippen LogP contribution < -0.4 is 15.8 Å². The topological polar surface area (TPSA) is 106 Å². The van der Waals surface area contributed by atoms with Crippen molar-refractivity contribution in [2.45, 2.75) is 51.8 Å². The molecule has 3 aliphatic heterocycles. The minimum absolute atomic E-state index is 0.181. The van der Waals surface area contributed by atoms with Crippen molar-refractivity contribution in [3.8, 4) is 11.1 Å². The standard InChI is InChI=1S/C37H36FN5O5S/c1-20-10-28-26-6-9-43(37(46)35(26)49-33(28)11-20)32-14-24(38)13-27(29(32)19-48-21(2)44)23-12-31(36(45)41(3)15-23)40-34-5-4-22-16-42(25-17-47-18-25)8-7-30(22)39-34/h4-5,12-15,25H,1,6-11,16-19H2,2-3H3,(H,39,40). The molecule has 1 N–H and O–H groups in total. The summed E-state index contributed by atoms with van der Waals surface area (Å²) in [5.74, 6) is -0.719. The summed E-state index contributed by atoms with van der Waals surface area (Å²) in [4.78, 5) is 50.1. The van der Waals surface area contributed by atoms with Crippen LogP contribution in [0.25, 0.3) is 11.1 Å². The van der Waals surface area contributed by atoms with Crippen molar-refractivity contribution in [3.05, 3.63) is 103 Å². The van der Waals surface area contributed by atoms with Crippen molar-refractivity contribution >= 4 is 40.4 Å². The van der Waals surface area contributed by atoms with Crippen molar-refractivity contribution in [3.63, 3.8) is 0 Å². The molecule has 1 amide bonds. The lowest BCUT2D eigenvalue weighted by Gasteiger charge is -2.39. The Hall–Kier alpha value is -4.65. The first-order valence-electron chi connectivity index (χ1n) is 16.5. The van der Waals surface area contributed by atoms with Crippen molar-refractivity contribution in [1.82, 2.24) is 14.5 Å². The molecule has 0 atom stereocenters. The van der Waals surface area contributed by atoms with Gasteiger partial charge in [-0.05, 0) is 59.4 Å². The highest BCUT2D eigenvalue weighted by Gasteiger charge is 2.35. The minimum atomic E-state index is -0.553. The van der Waals surface area contributed by atoms with Gasteiger partial charge in [0.05, 0.1) is 29.8 Å². The lowest BCUT2D eigenvalue weighted by molar-refractivity contribution is -0.142. The number of pyridine rings is 2. The SMILES string of the molecule is C=C1Cc2sc3c(c2C1)CCN(c1cc(F)cc(-c2cc(Nc4ccc5c(n4)CCN(C4COC4)C5)c(=O)n(C)c2)c1COC(C)=O)C3=O. The van der Waals surface area contributed by atoms with Gasteiger partial charge in [0.25, 0.3) is 11.5 Å².